The maximum Gasteiger partial charge on any atom is 0.497 e. The lowest BCUT2D eigenvalue weighted by Crippen LogP contribution is -2.41. The predicted octanol–water partition coefficient (Wildman–Crippen LogP) is 13.3. The molecule has 8 aromatic rings. The normalized spacial score (nSPS) is 18.2. The third kappa shape index (κ3) is 12.1. The first-order valence-electron chi connectivity index (χ1n) is 25.9. The average Bonchev–Trinajstić information content (AvgIpc) is 3.97. The van der Waals surface area contributed by atoms with Gasteiger partial charge in [-0.1, -0.05) is 121 Å². The minimum absolute atomic E-state index is 0.319. The van der Waals surface area contributed by atoms with Crippen LogP contribution < -0.4 is 5.46 Å². The smallest absolute Gasteiger partial charge is 0.405 e. The Labute approximate surface area is 465 Å². The fourth-order valence-corrected chi connectivity index (χ4v) is 8.72. The van der Waals surface area contributed by atoms with E-state index in [9.17, 15) is 8.78 Å². The highest BCUT2D eigenvalue weighted by atomic mass is 79.9. The van der Waals surface area contributed by atoms with Crippen LogP contribution in [0.25, 0.3) is 68.3 Å². The summed E-state index contributed by atoms with van der Waals surface area (Å²) in [4.78, 5) is 28.0. The molecule has 3 aliphatic heterocycles. The van der Waals surface area contributed by atoms with Gasteiger partial charge in [0, 0.05) is 38.8 Å². The van der Waals surface area contributed by atoms with E-state index >= 15 is 0 Å². The number of hydrogen-bond donors (Lipinski definition) is 0. The van der Waals surface area contributed by atoms with Gasteiger partial charge < -0.3 is 27.9 Å². The summed E-state index contributed by atoms with van der Waals surface area (Å²) in [5.74, 6) is 2.47. The van der Waals surface area contributed by atoms with Crippen molar-refractivity contribution in [3.8, 4) is 68.3 Å². The van der Waals surface area contributed by atoms with Crippen molar-refractivity contribution in [2.24, 2.45) is 0 Å². The molecule has 0 spiro atoms. The Morgan fingerprint density at radius 2 is 0.577 bits per heavy atom. The SMILES string of the molecule is CC1(C)OB(B2OC(C)(C)C(C)(C)O2)OC1(C)C.CC1(C)OB(c2cc(-c3nc(-c4ccccc4)nc(-c4ccccc4)n3)ccc2F)OC1(C)C.Fc1ccc(-c2nc(-c3ccccc3)nc(-c3ccccc3)n2)cc1Br. The largest absolute Gasteiger partial charge is 0.497 e. The van der Waals surface area contributed by atoms with Gasteiger partial charge >= 0.3 is 21.1 Å². The van der Waals surface area contributed by atoms with Gasteiger partial charge in [0.05, 0.1) is 38.1 Å². The summed E-state index contributed by atoms with van der Waals surface area (Å²) in [7, 11) is -1.78. The highest BCUT2D eigenvalue weighted by molar-refractivity contribution is 9.10. The van der Waals surface area contributed by atoms with Crippen molar-refractivity contribution in [1.29, 1.82) is 0 Å². The van der Waals surface area contributed by atoms with E-state index in [1.54, 1.807) is 24.3 Å². The third-order valence-corrected chi connectivity index (χ3v) is 15.7. The molecular formula is C60H62B3BrF2N6O6. The topological polar surface area (TPSA) is 133 Å². The van der Waals surface area contributed by atoms with Gasteiger partial charge in [0.1, 0.15) is 11.6 Å². The van der Waals surface area contributed by atoms with Crippen molar-refractivity contribution >= 4 is 42.5 Å². The van der Waals surface area contributed by atoms with Crippen LogP contribution in [0.15, 0.2) is 162 Å². The summed E-state index contributed by atoms with van der Waals surface area (Å²) in [6.45, 7) is 24.0. The van der Waals surface area contributed by atoms with Gasteiger partial charge in [0.2, 0.25) is 0 Å². The number of aromatic nitrogens is 6. The van der Waals surface area contributed by atoms with Crippen molar-refractivity contribution < 1.29 is 36.7 Å². The van der Waals surface area contributed by atoms with E-state index in [-0.39, 0.29) is 28.2 Å². The van der Waals surface area contributed by atoms with Crippen molar-refractivity contribution in [1.82, 2.24) is 29.9 Å². The second kappa shape index (κ2) is 22.0. The Kier molecular flexibility index (Phi) is 15.9. The number of nitrogens with zero attached hydrogens (tertiary/aromatic N) is 6. The molecule has 0 amide bonds. The molecule has 78 heavy (non-hydrogen) atoms. The van der Waals surface area contributed by atoms with Crippen molar-refractivity contribution in [2.75, 3.05) is 0 Å². The summed E-state index contributed by atoms with van der Waals surface area (Å²) in [6.07, 6.45) is 0. The monoisotopic (exact) mass is 1110 g/mol. The first-order valence-corrected chi connectivity index (χ1v) is 26.7. The maximum atomic E-state index is 14.9. The second-order valence-electron chi connectivity index (χ2n) is 22.3. The van der Waals surface area contributed by atoms with Gasteiger partial charge in [-0.3, -0.25) is 0 Å². The molecule has 0 radical (unpaired) electrons. The molecule has 5 heterocycles. The highest BCUT2D eigenvalue weighted by Crippen LogP contribution is 2.43. The number of rotatable bonds is 8. The molecule has 11 rings (SSSR count). The molecule has 3 saturated heterocycles. The molecule has 3 aliphatic rings. The van der Waals surface area contributed by atoms with Crippen LogP contribution in [0.3, 0.4) is 0 Å². The third-order valence-electron chi connectivity index (χ3n) is 15.1. The van der Waals surface area contributed by atoms with Crippen molar-refractivity contribution in [3.05, 3.63) is 174 Å². The van der Waals surface area contributed by atoms with E-state index in [1.807, 2.05) is 204 Å². The van der Waals surface area contributed by atoms with Crippen LogP contribution in [-0.2, 0) is 27.9 Å². The second-order valence-corrected chi connectivity index (χ2v) is 23.1. The summed E-state index contributed by atoms with van der Waals surface area (Å²) in [5, 5.41) is 0. The fourth-order valence-electron chi connectivity index (χ4n) is 8.34. The quantitative estimate of drug-likeness (QED) is 0.134. The van der Waals surface area contributed by atoms with E-state index in [1.165, 1.54) is 12.1 Å². The lowest BCUT2D eigenvalue weighted by Gasteiger charge is -2.32. The van der Waals surface area contributed by atoms with Crippen LogP contribution >= 0.6 is 15.9 Å². The summed E-state index contributed by atoms with van der Waals surface area (Å²) in [5.41, 5.74) is 2.64. The average molecular weight is 1110 g/mol. The molecule has 0 bridgehead atoms. The van der Waals surface area contributed by atoms with Crippen LogP contribution in [0.5, 0.6) is 0 Å². The van der Waals surface area contributed by atoms with Crippen LogP contribution in [0, 0.1) is 11.6 Å². The molecule has 6 aromatic carbocycles. The lowest BCUT2D eigenvalue weighted by atomic mass is 9.49. The summed E-state index contributed by atoms with van der Waals surface area (Å²) >= 11 is 3.22. The molecular weight excluding hydrogens is 1050 g/mol. The lowest BCUT2D eigenvalue weighted by molar-refractivity contribution is 0.00578. The Bertz CT molecular complexity index is 3210. The fraction of sp³-hybridized carbons (Fsp3) is 0.300. The molecule has 0 saturated carbocycles. The molecule has 0 N–H and O–H groups in total. The van der Waals surface area contributed by atoms with E-state index in [4.69, 9.17) is 42.9 Å². The molecule has 0 aliphatic carbocycles. The van der Waals surface area contributed by atoms with Gasteiger partial charge in [-0.15, -0.1) is 0 Å². The first-order chi connectivity index (χ1) is 36.8. The minimum Gasteiger partial charge on any atom is -0.405 e. The predicted molar refractivity (Wildman–Crippen MR) is 308 cm³/mol. The highest BCUT2D eigenvalue weighted by Gasteiger charge is 2.64. The number of hydrogen-bond acceptors (Lipinski definition) is 12. The van der Waals surface area contributed by atoms with Crippen LogP contribution in [-0.4, -0.2) is 84.6 Å². The molecule has 2 aromatic heterocycles. The number of benzene rings is 6. The Morgan fingerprint density at radius 1 is 0.321 bits per heavy atom. The van der Waals surface area contributed by atoms with Crippen molar-refractivity contribution in [2.45, 2.75) is 117 Å². The van der Waals surface area contributed by atoms with E-state index in [0.29, 0.717) is 50.4 Å². The van der Waals surface area contributed by atoms with E-state index in [0.717, 1.165) is 27.8 Å². The van der Waals surface area contributed by atoms with Gasteiger partial charge in [-0.05, 0) is 135 Å². The molecule has 0 unspecified atom stereocenters. The first kappa shape index (κ1) is 56.4. The summed E-state index contributed by atoms with van der Waals surface area (Å²) < 4.78 is 64.9. The van der Waals surface area contributed by atoms with Gasteiger partial charge in [-0.2, -0.15) is 0 Å². The van der Waals surface area contributed by atoms with Gasteiger partial charge in [0.15, 0.2) is 34.9 Å². The Hall–Kier alpha value is -6.37. The molecule has 18 heteroatoms. The molecule has 0 atom stereocenters. The van der Waals surface area contributed by atoms with E-state index < -0.39 is 38.2 Å². The zero-order valence-corrected chi connectivity index (χ0v) is 47.6. The van der Waals surface area contributed by atoms with Crippen LogP contribution in [0.4, 0.5) is 8.78 Å². The molecule has 12 nitrogen and oxygen atoms in total. The van der Waals surface area contributed by atoms with Crippen LogP contribution in [0.2, 0.25) is 0 Å². The van der Waals surface area contributed by atoms with Crippen molar-refractivity contribution in [3.63, 3.8) is 0 Å². The van der Waals surface area contributed by atoms with E-state index in [2.05, 4.69) is 30.9 Å². The Morgan fingerprint density at radius 3 is 0.872 bits per heavy atom. The zero-order chi connectivity index (χ0) is 55.8. The minimum atomic E-state index is -0.825. The van der Waals surface area contributed by atoms with Gasteiger partial charge in [0.25, 0.3) is 0 Å². The Balaban J connectivity index is 0.000000149. The maximum absolute atomic E-state index is 14.9. The number of halogens is 3. The summed E-state index contributed by atoms with van der Waals surface area (Å²) in [6, 6.07) is 48.4. The van der Waals surface area contributed by atoms with Gasteiger partial charge in [-0.25, -0.2) is 38.7 Å². The molecule has 398 valence electrons. The zero-order valence-electron chi connectivity index (χ0n) is 46.0. The van der Waals surface area contributed by atoms with Crippen LogP contribution in [0.1, 0.15) is 83.1 Å². The standard InChI is InChI=1S/C27H25BFN3O2.C21H13BrFN3.C12H24B2O4/c1-26(2)27(3,4)34-28(33-26)21-17-20(15-16-22(21)29)25-31-23(18-11-7-5-8-12-18)30-24(32-25)19-13-9-6-10-14-19;22-17-13-16(11-12-18(17)23)21-25-19(14-7-3-1-4-8-14)24-20(26-21)15-9-5-2-6-10-15;1-9(2)10(3,4)16-13(15-9)14-17-11(5,6)12(7,8)18-14/h5-17H,1-4H3;1-13H;1-8H3. The molecule has 3 fully saturated rings.